The van der Waals surface area contributed by atoms with Crippen LogP contribution in [0.3, 0.4) is 0 Å². The van der Waals surface area contributed by atoms with E-state index >= 15 is 0 Å². The number of phenols is 1. The number of carbonyl (C=O) groups excluding carboxylic acids is 1. The smallest absolute Gasteiger partial charge is 0.239 e. The Hall–Kier alpha value is -1.08. The van der Waals surface area contributed by atoms with Gasteiger partial charge >= 0.3 is 79.0 Å². The third kappa shape index (κ3) is 13.1. The van der Waals surface area contributed by atoms with Crippen LogP contribution in [0.1, 0.15) is 22.8 Å². The van der Waals surface area contributed by atoms with Gasteiger partial charge in [-0.3, -0.25) is 9.97 Å². The fourth-order valence-corrected chi connectivity index (χ4v) is 1.38. The zero-order valence-corrected chi connectivity index (χ0v) is 15.1. The summed E-state index contributed by atoms with van der Waals surface area (Å²) < 4.78 is 0. The van der Waals surface area contributed by atoms with Gasteiger partial charge in [0.2, 0.25) is 6.33 Å². The number of aromatic amines is 2. The van der Waals surface area contributed by atoms with Crippen LogP contribution in [-0.2, 0) is 21.3 Å². The molecule has 0 bridgehead atoms. The number of carbonyl (C=O) groups is 1. The first-order valence-electron chi connectivity index (χ1n) is 6.29. The molecule has 0 saturated carbocycles. The number of aromatic hydroxyl groups is 1. The molecular weight excluding hydrogens is 391 g/mol. The topological polar surface area (TPSA) is 119 Å². The third-order valence-electron chi connectivity index (χ3n) is 2.17. The summed E-state index contributed by atoms with van der Waals surface area (Å²) in [6, 6.07) is 4.83. The summed E-state index contributed by atoms with van der Waals surface area (Å²) in [6.45, 7) is 2.61. The first-order chi connectivity index (χ1) is 10.1. The van der Waals surface area contributed by atoms with Gasteiger partial charge in [-0.1, -0.05) is 0 Å². The van der Waals surface area contributed by atoms with Crippen molar-refractivity contribution in [3.63, 3.8) is 0 Å². The van der Waals surface area contributed by atoms with Crippen molar-refractivity contribution < 1.29 is 55.7 Å². The number of hydrogen-bond donors (Lipinski definition) is 4. The van der Waals surface area contributed by atoms with Gasteiger partial charge in [-0.25, -0.2) is 0 Å². The molecule has 0 spiro atoms. The van der Waals surface area contributed by atoms with E-state index in [4.69, 9.17) is 27.5 Å². The number of benzene rings is 1. The fourth-order valence-electron chi connectivity index (χ4n) is 1.17. The molecule has 0 aliphatic carbocycles. The van der Waals surface area contributed by atoms with Gasteiger partial charge in [-0.15, -0.1) is 0 Å². The van der Waals surface area contributed by atoms with Crippen LogP contribution in [0.15, 0.2) is 36.9 Å². The molecule has 0 atom stereocenters. The zero-order chi connectivity index (χ0) is 16.1. The number of H-pyrrole nitrogens is 2. The maximum Gasteiger partial charge on any atom is 0.239 e. The minimum Gasteiger partial charge on any atom is -1.00 e. The van der Waals surface area contributed by atoms with Gasteiger partial charge < -0.3 is 36.3 Å². The van der Waals surface area contributed by atoms with Crippen molar-refractivity contribution in [2.45, 2.75) is 12.2 Å². The van der Waals surface area contributed by atoms with E-state index in [-0.39, 0.29) is 36.3 Å². The second-order valence-corrected chi connectivity index (χ2v) is 4.24. The average molecular weight is 413 g/mol. The number of aromatic nitrogens is 2. The average Bonchev–Trinajstić information content (AvgIpc) is 3.07. The molecule has 0 aliphatic heterocycles. The summed E-state index contributed by atoms with van der Waals surface area (Å²) in [5, 5.41) is 9.68. The predicted octanol–water partition coefficient (Wildman–Crippen LogP) is -5.62. The molecule has 0 saturated heterocycles. The van der Waals surface area contributed by atoms with Crippen LogP contribution in [-0.4, -0.2) is 29.0 Å². The van der Waals surface area contributed by atoms with E-state index in [0.717, 1.165) is 5.56 Å². The Bertz CT molecular complexity index is 494. The van der Waals surface area contributed by atoms with Gasteiger partial charge in [0.05, 0.1) is 0 Å². The van der Waals surface area contributed by atoms with E-state index in [1.807, 2.05) is 12.4 Å². The van der Waals surface area contributed by atoms with Crippen molar-refractivity contribution in [2.75, 3.05) is 13.1 Å². The van der Waals surface area contributed by atoms with E-state index < -0.39 is 0 Å². The minimum absolute atomic E-state index is 0. The fraction of sp³-hybridized carbons (Fsp3) is 0.286. The molecule has 9 heteroatoms. The van der Waals surface area contributed by atoms with Gasteiger partial charge in [0.25, 0.3) is 0 Å². The standard InChI is InChI=1S/C9H9O2.C3H4N2.C2H8N2.2ClH.Cu/c1-6-3-4-9(11)8(5-6)7(2)10;1-2-5-3-4-1;3-1-2-4;;;/h3-5,11H,1H2,2H3;1-3H,(H,4,5);1-4H2;2*1H;/q;;;;;+1/p-1. The second kappa shape index (κ2) is 17.3. The molecule has 0 radical (unpaired) electrons. The molecule has 0 unspecified atom stereocenters. The number of imidazole rings is 1. The molecule has 0 fully saturated rings. The maximum atomic E-state index is 10.9. The van der Waals surface area contributed by atoms with Crippen LogP contribution in [0.2, 0.25) is 0 Å². The molecule has 135 valence electrons. The van der Waals surface area contributed by atoms with E-state index in [0.29, 0.717) is 24.0 Å². The summed E-state index contributed by atoms with van der Waals surface area (Å²) in [5.74, 6) is -0.123. The number of nitrogens with one attached hydrogen (secondary N) is 2. The normalized spacial score (nSPS) is 8.22. The summed E-state index contributed by atoms with van der Waals surface area (Å²) in [7, 11) is 0. The molecule has 0 aliphatic rings. The van der Waals surface area contributed by atoms with Crippen LogP contribution >= 0.6 is 0 Å². The van der Waals surface area contributed by atoms with E-state index in [1.54, 1.807) is 18.5 Å². The van der Waals surface area contributed by atoms with Crippen LogP contribution < -0.4 is 41.3 Å². The van der Waals surface area contributed by atoms with Crippen molar-refractivity contribution in [1.82, 2.24) is 4.98 Å². The summed E-state index contributed by atoms with van der Waals surface area (Å²) >= 11 is 4.96. The molecule has 6 nitrogen and oxygen atoms in total. The Kier molecular flexibility index (Phi) is 20.1. The Morgan fingerprint density at radius 1 is 1.30 bits per heavy atom. The minimum atomic E-state index is -0.143. The number of ketones is 1. The SMILES string of the molecule is CC(=O)c1cc([CH2][Cu+])ccc1O.NCCN.[Cl-].[Cl-].c1c[nH+]c[nH]1. The van der Waals surface area contributed by atoms with Gasteiger partial charge in [-0.2, -0.15) is 0 Å². The molecule has 2 rings (SSSR count). The van der Waals surface area contributed by atoms with Crippen molar-refractivity contribution >= 4 is 5.78 Å². The zero-order valence-electron chi connectivity index (χ0n) is 12.7. The molecule has 23 heavy (non-hydrogen) atoms. The number of nitrogens with two attached hydrogens (primary N) is 2. The van der Waals surface area contributed by atoms with Crippen molar-refractivity contribution in [1.29, 1.82) is 0 Å². The number of phenolic OH excluding ortho intramolecular Hbond substituents is 1. The van der Waals surface area contributed by atoms with E-state index in [2.05, 4.69) is 9.97 Å². The molecule has 7 N–H and O–H groups in total. The number of hydrogen-bond acceptors (Lipinski definition) is 4. The van der Waals surface area contributed by atoms with Gasteiger partial charge in [0.1, 0.15) is 12.4 Å². The first-order valence-corrected chi connectivity index (χ1v) is 6.95. The number of Topliss-reactive ketones (excluding diaryl/α,β-unsaturated/α-hetero) is 1. The molecule has 2 aromatic rings. The van der Waals surface area contributed by atoms with E-state index in [9.17, 15) is 9.90 Å². The van der Waals surface area contributed by atoms with E-state index in [1.165, 1.54) is 13.0 Å². The summed E-state index contributed by atoms with van der Waals surface area (Å²) in [5.41, 5.74) is 11.0. The Balaban J connectivity index is -0.000000305. The summed E-state index contributed by atoms with van der Waals surface area (Å²) in [4.78, 5) is 16.5. The van der Waals surface area contributed by atoms with Gasteiger partial charge in [0, 0.05) is 13.1 Å². The van der Waals surface area contributed by atoms with Crippen molar-refractivity contribution in [2.24, 2.45) is 11.5 Å². The van der Waals surface area contributed by atoms with Crippen LogP contribution in [0, 0.1) is 0 Å². The van der Waals surface area contributed by atoms with Crippen LogP contribution in [0.5, 0.6) is 5.75 Å². The monoisotopic (exact) mass is 411 g/mol. The van der Waals surface area contributed by atoms with Crippen LogP contribution in [0.25, 0.3) is 0 Å². The quantitative estimate of drug-likeness (QED) is 0.297. The molecular formula is C14H22Cl2CuN4O2. The number of rotatable bonds is 3. The molecule has 1 aromatic carbocycles. The Labute approximate surface area is 157 Å². The maximum absolute atomic E-state index is 10.9. The first kappa shape index (κ1) is 26.8. The molecule has 1 heterocycles. The molecule has 0 amide bonds. The Morgan fingerprint density at radius 3 is 2.22 bits per heavy atom. The summed E-state index contributed by atoms with van der Waals surface area (Å²) in [6.07, 6.45) is 5.39. The third-order valence-corrected chi connectivity index (χ3v) is 2.56. The van der Waals surface area contributed by atoms with Crippen molar-refractivity contribution in [3.8, 4) is 5.75 Å². The van der Waals surface area contributed by atoms with Gasteiger partial charge in [-0.05, 0) is 0 Å². The molecule has 1 aromatic heterocycles. The predicted molar refractivity (Wildman–Crippen MR) is 77.3 cm³/mol. The van der Waals surface area contributed by atoms with Crippen molar-refractivity contribution in [3.05, 3.63) is 48.0 Å². The van der Waals surface area contributed by atoms with Gasteiger partial charge in [0.15, 0.2) is 0 Å². The number of halogens is 2. The largest absolute Gasteiger partial charge is 1.00 e. The Morgan fingerprint density at radius 2 is 1.91 bits per heavy atom. The van der Waals surface area contributed by atoms with Crippen LogP contribution in [0.4, 0.5) is 0 Å². The second-order valence-electron chi connectivity index (χ2n) is 3.90.